The first kappa shape index (κ1) is 14.4. The first-order chi connectivity index (χ1) is 9.31. The lowest BCUT2D eigenvalue weighted by atomic mass is 10.2. The summed E-state index contributed by atoms with van der Waals surface area (Å²) >= 11 is 0. The van der Waals surface area contributed by atoms with E-state index < -0.39 is 0 Å². The number of methoxy groups -OCH3 is 1. The van der Waals surface area contributed by atoms with Gasteiger partial charge in [-0.2, -0.15) is 0 Å². The molecule has 1 aliphatic rings. The fourth-order valence-electron chi connectivity index (χ4n) is 2.65. The monoisotopic (exact) mass is 262 g/mol. The van der Waals surface area contributed by atoms with Crippen LogP contribution in [0.2, 0.25) is 0 Å². The number of fused-ring (bicyclic) bond motifs is 1. The third-order valence-corrected chi connectivity index (χ3v) is 3.84. The quantitative estimate of drug-likeness (QED) is 0.728. The van der Waals surface area contributed by atoms with Crippen LogP contribution in [-0.4, -0.2) is 39.4 Å². The van der Waals surface area contributed by atoms with Gasteiger partial charge < -0.3 is 15.0 Å². The van der Waals surface area contributed by atoms with Gasteiger partial charge in [-0.25, -0.2) is 0 Å². The van der Waals surface area contributed by atoms with Crippen molar-refractivity contribution in [2.45, 2.75) is 32.2 Å². The molecular weight excluding hydrogens is 236 g/mol. The molecule has 0 fully saturated rings. The van der Waals surface area contributed by atoms with Gasteiger partial charge in [0.05, 0.1) is 0 Å². The van der Waals surface area contributed by atoms with Crippen LogP contribution in [0.1, 0.15) is 25.3 Å². The van der Waals surface area contributed by atoms with Gasteiger partial charge >= 0.3 is 0 Å². The minimum Gasteiger partial charge on any atom is -0.385 e. The molecular formula is C16H26N2O. The van der Waals surface area contributed by atoms with E-state index in [-0.39, 0.29) is 0 Å². The molecule has 106 valence electrons. The predicted molar refractivity (Wildman–Crippen MR) is 80.9 cm³/mol. The Labute approximate surface area is 116 Å². The second-order valence-electron chi connectivity index (χ2n) is 5.36. The maximum Gasteiger partial charge on any atom is 0.0476 e. The zero-order valence-electron chi connectivity index (χ0n) is 12.2. The van der Waals surface area contributed by atoms with Gasteiger partial charge in [0.2, 0.25) is 0 Å². The number of hydrogen-bond acceptors (Lipinski definition) is 3. The molecule has 0 saturated heterocycles. The van der Waals surface area contributed by atoms with Crippen LogP contribution in [0.25, 0.3) is 0 Å². The second kappa shape index (κ2) is 7.51. The Balaban J connectivity index is 1.65. The van der Waals surface area contributed by atoms with Crippen LogP contribution in [0.3, 0.4) is 0 Å². The standard InChI is InChI=1S/C16H26N2O/c1-14(9-13-19-2)17-10-5-11-18-12-8-15-6-3-4-7-16(15)18/h3-4,6-7,14,17H,5,8-13H2,1-2H3. The van der Waals surface area contributed by atoms with Crippen molar-refractivity contribution >= 4 is 5.69 Å². The Morgan fingerprint density at radius 2 is 2.21 bits per heavy atom. The third kappa shape index (κ3) is 4.22. The fraction of sp³-hybridized carbons (Fsp3) is 0.625. The van der Waals surface area contributed by atoms with Crippen molar-refractivity contribution in [1.82, 2.24) is 5.32 Å². The topological polar surface area (TPSA) is 24.5 Å². The summed E-state index contributed by atoms with van der Waals surface area (Å²) in [5, 5.41) is 3.56. The molecule has 1 aromatic carbocycles. The second-order valence-corrected chi connectivity index (χ2v) is 5.36. The van der Waals surface area contributed by atoms with Gasteiger partial charge in [0.1, 0.15) is 0 Å². The molecule has 1 heterocycles. The molecule has 3 heteroatoms. The predicted octanol–water partition coefficient (Wildman–Crippen LogP) is 2.45. The molecule has 0 radical (unpaired) electrons. The Morgan fingerprint density at radius 1 is 1.37 bits per heavy atom. The van der Waals surface area contributed by atoms with E-state index in [2.05, 4.69) is 41.4 Å². The smallest absolute Gasteiger partial charge is 0.0476 e. The van der Waals surface area contributed by atoms with Crippen molar-refractivity contribution in [2.24, 2.45) is 0 Å². The van der Waals surface area contributed by atoms with Crippen LogP contribution < -0.4 is 10.2 Å². The molecule has 0 aromatic heterocycles. The summed E-state index contributed by atoms with van der Waals surface area (Å²) in [5.74, 6) is 0. The maximum absolute atomic E-state index is 5.09. The van der Waals surface area contributed by atoms with E-state index in [1.165, 1.54) is 30.6 Å². The molecule has 1 aliphatic heterocycles. The third-order valence-electron chi connectivity index (χ3n) is 3.84. The van der Waals surface area contributed by atoms with Crippen LogP contribution in [0.5, 0.6) is 0 Å². The van der Waals surface area contributed by atoms with E-state index in [1.807, 2.05) is 0 Å². The van der Waals surface area contributed by atoms with E-state index in [4.69, 9.17) is 4.74 Å². The lowest BCUT2D eigenvalue weighted by molar-refractivity contribution is 0.185. The number of hydrogen-bond donors (Lipinski definition) is 1. The zero-order chi connectivity index (χ0) is 13.5. The number of para-hydroxylation sites is 1. The van der Waals surface area contributed by atoms with Gasteiger partial charge in [-0.05, 0) is 44.4 Å². The minimum absolute atomic E-state index is 0.547. The lowest BCUT2D eigenvalue weighted by Crippen LogP contribution is -2.31. The Morgan fingerprint density at radius 3 is 3.05 bits per heavy atom. The summed E-state index contributed by atoms with van der Waals surface area (Å²) in [4.78, 5) is 2.51. The van der Waals surface area contributed by atoms with Gasteiger partial charge in [-0.3, -0.25) is 0 Å². The highest BCUT2D eigenvalue weighted by atomic mass is 16.5. The SMILES string of the molecule is COCCC(C)NCCCN1CCc2ccccc21. The molecule has 0 bridgehead atoms. The van der Waals surface area contributed by atoms with Crippen LogP contribution in [0.4, 0.5) is 5.69 Å². The molecule has 0 saturated carbocycles. The number of nitrogens with one attached hydrogen (secondary N) is 1. The van der Waals surface area contributed by atoms with Crippen molar-refractivity contribution in [2.75, 3.05) is 38.3 Å². The molecule has 3 nitrogen and oxygen atoms in total. The molecule has 0 spiro atoms. The van der Waals surface area contributed by atoms with Gasteiger partial charge in [-0.15, -0.1) is 0 Å². The Bertz CT molecular complexity index is 381. The normalized spacial score (nSPS) is 15.6. The highest BCUT2D eigenvalue weighted by molar-refractivity contribution is 5.57. The number of benzene rings is 1. The maximum atomic E-state index is 5.09. The van der Waals surface area contributed by atoms with Crippen LogP contribution >= 0.6 is 0 Å². The van der Waals surface area contributed by atoms with Crippen LogP contribution in [-0.2, 0) is 11.2 Å². The summed E-state index contributed by atoms with van der Waals surface area (Å²) in [7, 11) is 1.76. The first-order valence-electron chi connectivity index (χ1n) is 7.36. The largest absolute Gasteiger partial charge is 0.385 e. The van der Waals surface area contributed by atoms with E-state index in [1.54, 1.807) is 7.11 Å². The molecule has 2 rings (SSSR count). The van der Waals surface area contributed by atoms with E-state index in [9.17, 15) is 0 Å². The number of nitrogens with zero attached hydrogens (tertiary/aromatic N) is 1. The molecule has 1 atom stereocenters. The van der Waals surface area contributed by atoms with Crippen LogP contribution in [0.15, 0.2) is 24.3 Å². The molecule has 1 unspecified atom stereocenters. The minimum atomic E-state index is 0.547. The van der Waals surface area contributed by atoms with E-state index in [0.717, 1.165) is 26.1 Å². The Kier molecular flexibility index (Phi) is 5.67. The molecule has 0 aliphatic carbocycles. The highest BCUT2D eigenvalue weighted by Gasteiger charge is 2.17. The summed E-state index contributed by atoms with van der Waals surface area (Å²) in [6, 6.07) is 9.33. The van der Waals surface area contributed by atoms with E-state index >= 15 is 0 Å². The molecule has 1 N–H and O–H groups in total. The van der Waals surface area contributed by atoms with E-state index in [0.29, 0.717) is 6.04 Å². The van der Waals surface area contributed by atoms with Crippen LogP contribution in [0, 0.1) is 0 Å². The zero-order valence-corrected chi connectivity index (χ0v) is 12.2. The van der Waals surface area contributed by atoms with Gasteiger partial charge in [0, 0.05) is 38.5 Å². The summed E-state index contributed by atoms with van der Waals surface area (Å²) in [6.07, 6.45) is 3.49. The number of ether oxygens (including phenoxy) is 1. The summed E-state index contributed by atoms with van der Waals surface area (Å²) in [5.41, 5.74) is 2.94. The number of anilines is 1. The highest BCUT2D eigenvalue weighted by Crippen LogP contribution is 2.27. The Hall–Kier alpha value is -1.06. The fourth-order valence-corrected chi connectivity index (χ4v) is 2.65. The van der Waals surface area contributed by atoms with Crippen molar-refractivity contribution in [1.29, 1.82) is 0 Å². The van der Waals surface area contributed by atoms with Crippen molar-refractivity contribution in [3.05, 3.63) is 29.8 Å². The average molecular weight is 262 g/mol. The molecule has 19 heavy (non-hydrogen) atoms. The van der Waals surface area contributed by atoms with Gasteiger partial charge in [0.15, 0.2) is 0 Å². The van der Waals surface area contributed by atoms with Crippen molar-refractivity contribution in [3.63, 3.8) is 0 Å². The summed E-state index contributed by atoms with van der Waals surface area (Å²) < 4.78 is 5.09. The average Bonchev–Trinajstić information content (AvgIpc) is 2.85. The molecule has 0 amide bonds. The molecule has 1 aromatic rings. The number of rotatable bonds is 8. The van der Waals surface area contributed by atoms with Gasteiger partial charge in [0.25, 0.3) is 0 Å². The lowest BCUT2D eigenvalue weighted by Gasteiger charge is -2.20. The summed E-state index contributed by atoms with van der Waals surface area (Å²) in [6.45, 7) is 6.49. The van der Waals surface area contributed by atoms with Crippen molar-refractivity contribution < 1.29 is 4.74 Å². The van der Waals surface area contributed by atoms with Gasteiger partial charge in [-0.1, -0.05) is 18.2 Å². The first-order valence-corrected chi connectivity index (χ1v) is 7.36. The van der Waals surface area contributed by atoms with Crippen molar-refractivity contribution in [3.8, 4) is 0 Å².